The van der Waals surface area contributed by atoms with Crippen LogP contribution in [0.15, 0.2) is 53.4 Å². The quantitative estimate of drug-likeness (QED) is 0.690. The van der Waals surface area contributed by atoms with E-state index >= 15 is 0 Å². The number of piperazine rings is 1. The molecule has 1 saturated heterocycles. The molecule has 29 heavy (non-hydrogen) atoms. The van der Waals surface area contributed by atoms with E-state index in [0.717, 1.165) is 5.56 Å². The zero-order chi connectivity index (χ0) is 20.9. The molecule has 0 saturated carbocycles. The minimum atomic E-state index is -3.60. The Kier molecular flexibility index (Phi) is 6.89. The first-order chi connectivity index (χ1) is 14.0. The molecule has 2 aromatic carbocycles. The number of sulfonamides is 1. The van der Waals surface area contributed by atoms with Gasteiger partial charge >= 0.3 is 0 Å². The number of nitrogens with zero attached hydrogens (tertiary/aromatic N) is 2. The summed E-state index contributed by atoms with van der Waals surface area (Å²) in [5.41, 5.74) is 1.51. The molecule has 1 heterocycles. The van der Waals surface area contributed by atoms with Crippen LogP contribution in [0.1, 0.15) is 22.8 Å². The Balaban J connectivity index is 1.64. The number of ether oxygens (including phenoxy) is 2. The van der Waals surface area contributed by atoms with E-state index in [9.17, 15) is 13.2 Å². The van der Waals surface area contributed by atoms with Crippen molar-refractivity contribution in [3.8, 4) is 5.75 Å². The van der Waals surface area contributed by atoms with Crippen LogP contribution >= 0.6 is 0 Å². The van der Waals surface area contributed by atoms with Crippen LogP contribution in [-0.4, -0.2) is 63.4 Å². The van der Waals surface area contributed by atoms with Gasteiger partial charge in [0.05, 0.1) is 18.1 Å². The second-order valence-corrected chi connectivity index (χ2v) is 8.67. The van der Waals surface area contributed by atoms with Crippen molar-refractivity contribution in [1.29, 1.82) is 0 Å². The average Bonchev–Trinajstić information content (AvgIpc) is 2.74. The smallest absolute Gasteiger partial charge is 0.253 e. The van der Waals surface area contributed by atoms with Crippen LogP contribution in [0.25, 0.3) is 0 Å². The molecular weight excluding hydrogens is 392 g/mol. The first kappa shape index (κ1) is 21.3. The summed E-state index contributed by atoms with van der Waals surface area (Å²) in [7, 11) is -1.99. The zero-order valence-corrected chi connectivity index (χ0v) is 17.5. The van der Waals surface area contributed by atoms with Crippen molar-refractivity contribution in [2.75, 3.05) is 39.9 Å². The van der Waals surface area contributed by atoms with Crippen molar-refractivity contribution in [2.45, 2.75) is 18.4 Å². The number of methoxy groups -OCH3 is 1. The second kappa shape index (κ2) is 9.39. The summed E-state index contributed by atoms with van der Waals surface area (Å²) in [5, 5.41) is 0. The number of hydrogen-bond donors (Lipinski definition) is 0. The van der Waals surface area contributed by atoms with Crippen LogP contribution in [0.3, 0.4) is 0 Å². The molecule has 0 aliphatic carbocycles. The van der Waals surface area contributed by atoms with E-state index in [0.29, 0.717) is 37.6 Å². The summed E-state index contributed by atoms with van der Waals surface area (Å²) in [4.78, 5) is 14.7. The maximum Gasteiger partial charge on any atom is 0.253 e. The monoisotopic (exact) mass is 418 g/mol. The van der Waals surface area contributed by atoms with Crippen LogP contribution in [-0.2, 0) is 21.4 Å². The normalized spacial score (nSPS) is 15.3. The minimum absolute atomic E-state index is 0.0962. The molecule has 2 aromatic rings. The maximum absolute atomic E-state index is 12.9. The van der Waals surface area contributed by atoms with Crippen LogP contribution < -0.4 is 4.74 Å². The van der Waals surface area contributed by atoms with Gasteiger partial charge in [-0.15, -0.1) is 0 Å². The van der Waals surface area contributed by atoms with Crippen molar-refractivity contribution in [3.63, 3.8) is 0 Å². The highest BCUT2D eigenvalue weighted by Gasteiger charge is 2.30. The molecule has 0 radical (unpaired) electrons. The van der Waals surface area contributed by atoms with Gasteiger partial charge in [-0.3, -0.25) is 4.79 Å². The third-order valence-corrected chi connectivity index (χ3v) is 6.70. The lowest BCUT2D eigenvalue weighted by atomic mass is 10.1. The van der Waals surface area contributed by atoms with E-state index in [1.54, 1.807) is 42.3 Å². The fourth-order valence-corrected chi connectivity index (χ4v) is 4.72. The molecule has 8 heteroatoms. The van der Waals surface area contributed by atoms with Crippen molar-refractivity contribution in [1.82, 2.24) is 9.21 Å². The molecule has 156 valence electrons. The van der Waals surface area contributed by atoms with Gasteiger partial charge in [0, 0.05) is 38.9 Å². The van der Waals surface area contributed by atoms with Gasteiger partial charge in [-0.2, -0.15) is 4.31 Å². The van der Waals surface area contributed by atoms with Gasteiger partial charge in [-0.05, 0) is 48.9 Å². The Morgan fingerprint density at radius 2 is 1.72 bits per heavy atom. The largest absolute Gasteiger partial charge is 0.494 e. The molecular formula is C21H26N2O5S. The van der Waals surface area contributed by atoms with E-state index in [1.165, 1.54) is 4.31 Å². The van der Waals surface area contributed by atoms with Gasteiger partial charge in [-0.25, -0.2) is 8.42 Å². The van der Waals surface area contributed by atoms with E-state index in [-0.39, 0.29) is 23.9 Å². The predicted octanol–water partition coefficient (Wildman–Crippen LogP) is 2.38. The van der Waals surface area contributed by atoms with Crippen molar-refractivity contribution < 1.29 is 22.7 Å². The highest BCUT2D eigenvalue weighted by molar-refractivity contribution is 7.89. The molecule has 0 spiro atoms. The Morgan fingerprint density at radius 1 is 1.03 bits per heavy atom. The lowest BCUT2D eigenvalue weighted by molar-refractivity contribution is 0.0697. The topological polar surface area (TPSA) is 76.2 Å². The number of rotatable bonds is 7. The SMILES string of the molecule is CCOc1ccc(S(=O)(=O)N2CCN(C(=O)c3cccc(COC)c3)CC2)cc1. The summed E-state index contributed by atoms with van der Waals surface area (Å²) >= 11 is 0. The van der Waals surface area contributed by atoms with Gasteiger partial charge in [0.1, 0.15) is 5.75 Å². The molecule has 0 aromatic heterocycles. The van der Waals surface area contributed by atoms with Crippen LogP contribution in [0.5, 0.6) is 5.75 Å². The molecule has 0 atom stereocenters. The molecule has 1 amide bonds. The lowest BCUT2D eigenvalue weighted by Gasteiger charge is -2.34. The summed E-state index contributed by atoms with van der Waals surface area (Å²) < 4.78 is 37.7. The van der Waals surface area contributed by atoms with Gasteiger partial charge in [0.25, 0.3) is 5.91 Å². The third kappa shape index (κ3) is 4.95. The van der Waals surface area contributed by atoms with E-state index in [4.69, 9.17) is 9.47 Å². The maximum atomic E-state index is 12.9. The van der Waals surface area contributed by atoms with Gasteiger partial charge in [-0.1, -0.05) is 12.1 Å². The average molecular weight is 419 g/mol. The van der Waals surface area contributed by atoms with Crippen LogP contribution in [0, 0.1) is 0 Å². The fourth-order valence-electron chi connectivity index (χ4n) is 3.30. The number of amides is 1. The Bertz CT molecular complexity index is 936. The summed E-state index contributed by atoms with van der Waals surface area (Å²) in [6, 6.07) is 13.7. The van der Waals surface area contributed by atoms with Gasteiger partial charge in [0.15, 0.2) is 0 Å². The van der Waals surface area contributed by atoms with Crippen LogP contribution in [0.2, 0.25) is 0 Å². The Hall–Kier alpha value is -2.42. The molecule has 7 nitrogen and oxygen atoms in total. The lowest BCUT2D eigenvalue weighted by Crippen LogP contribution is -2.50. The van der Waals surface area contributed by atoms with E-state index in [2.05, 4.69) is 0 Å². The molecule has 3 rings (SSSR count). The molecule has 0 N–H and O–H groups in total. The Labute approximate surface area is 171 Å². The third-order valence-electron chi connectivity index (χ3n) is 4.78. The zero-order valence-electron chi connectivity index (χ0n) is 16.7. The standard InChI is InChI=1S/C21H26N2O5S/c1-3-28-19-7-9-20(10-8-19)29(25,26)23-13-11-22(12-14-23)21(24)18-6-4-5-17(15-18)16-27-2/h4-10,15H,3,11-14,16H2,1-2H3. The van der Waals surface area contributed by atoms with Crippen molar-refractivity contribution in [3.05, 3.63) is 59.7 Å². The van der Waals surface area contributed by atoms with E-state index < -0.39 is 10.0 Å². The molecule has 0 bridgehead atoms. The fraction of sp³-hybridized carbons (Fsp3) is 0.381. The second-order valence-electron chi connectivity index (χ2n) is 6.73. The summed E-state index contributed by atoms with van der Waals surface area (Å²) in [6.07, 6.45) is 0. The minimum Gasteiger partial charge on any atom is -0.494 e. The molecule has 0 unspecified atom stereocenters. The molecule has 1 aliphatic heterocycles. The van der Waals surface area contributed by atoms with Crippen molar-refractivity contribution >= 4 is 15.9 Å². The number of hydrogen-bond acceptors (Lipinski definition) is 5. The number of benzene rings is 2. The van der Waals surface area contributed by atoms with E-state index in [1.807, 2.05) is 25.1 Å². The Morgan fingerprint density at radius 3 is 2.34 bits per heavy atom. The summed E-state index contributed by atoms with van der Waals surface area (Å²) in [5.74, 6) is 0.540. The first-order valence-corrected chi connectivity index (χ1v) is 11.0. The number of carbonyl (C=O) groups excluding carboxylic acids is 1. The van der Waals surface area contributed by atoms with Gasteiger partial charge in [0.2, 0.25) is 10.0 Å². The molecule has 1 fully saturated rings. The predicted molar refractivity (Wildman–Crippen MR) is 109 cm³/mol. The molecule has 1 aliphatic rings. The first-order valence-electron chi connectivity index (χ1n) is 9.56. The highest BCUT2D eigenvalue weighted by Crippen LogP contribution is 2.21. The van der Waals surface area contributed by atoms with Crippen LogP contribution in [0.4, 0.5) is 0 Å². The number of carbonyl (C=O) groups is 1. The summed E-state index contributed by atoms with van der Waals surface area (Å²) in [6.45, 7) is 4.07. The van der Waals surface area contributed by atoms with Crippen molar-refractivity contribution in [2.24, 2.45) is 0 Å². The van der Waals surface area contributed by atoms with Gasteiger partial charge < -0.3 is 14.4 Å². The highest BCUT2D eigenvalue weighted by atomic mass is 32.2.